The Balaban J connectivity index is 1.06. The first-order valence-corrected chi connectivity index (χ1v) is 39.0. The van der Waals surface area contributed by atoms with Gasteiger partial charge in [0, 0.05) is 27.7 Å². The summed E-state index contributed by atoms with van der Waals surface area (Å²) in [6, 6.07) is -7.90. The Labute approximate surface area is 691 Å². The third-order valence-electron chi connectivity index (χ3n) is 22.4. The highest BCUT2D eigenvalue weighted by Gasteiger charge is 2.62. The van der Waals surface area contributed by atoms with Crippen molar-refractivity contribution in [1.82, 2.24) is 21.3 Å². The van der Waals surface area contributed by atoms with Crippen molar-refractivity contribution in [2.24, 2.45) is 0 Å². The summed E-state index contributed by atoms with van der Waals surface area (Å²) in [5.41, 5.74) is 0. The van der Waals surface area contributed by atoms with Crippen molar-refractivity contribution in [2.75, 3.05) is 59.5 Å². The molecule has 10 fully saturated rings. The number of carbonyl (C=O) groups excluding carboxylic acids is 4. The second-order valence-electron chi connectivity index (χ2n) is 31.0. The van der Waals surface area contributed by atoms with Crippen LogP contribution in [0.15, 0.2) is 0 Å². The summed E-state index contributed by atoms with van der Waals surface area (Å²) in [7, 11) is 0. The lowest BCUT2D eigenvalue weighted by Crippen LogP contribution is -2.71. The molecular formula is C68H114N4O50. The van der Waals surface area contributed by atoms with E-state index in [9.17, 15) is 157 Å². The van der Waals surface area contributed by atoms with Gasteiger partial charge in [-0.25, -0.2) is 0 Å². The van der Waals surface area contributed by atoms with Gasteiger partial charge in [-0.3, -0.25) is 19.2 Å². The lowest BCUT2D eigenvalue weighted by atomic mass is 9.93. The third-order valence-corrected chi connectivity index (χ3v) is 22.4. The highest BCUT2D eigenvalue weighted by atomic mass is 16.8. The molecule has 54 heteroatoms. The zero-order chi connectivity index (χ0) is 89.8. The Morgan fingerprint density at radius 3 is 0.959 bits per heavy atom. The average molecular weight is 1790 g/mol. The van der Waals surface area contributed by atoms with E-state index in [0.717, 1.165) is 27.7 Å². The van der Waals surface area contributed by atoms with Crippen LogP contribution in [0.1, 0.15) is 34.6 Å². The van der Waals surface area contributed by atoms with Crippen molar-refractivity contribution in [2.45, 2.75) is 341 Å². The zero-order valence-corrected chi connectivity index (χ0v) is 65.7. The Morgan fingerprint density at radius 2 is 0.508 bits per heavy atom. The van der Waals surface area contributed by atoms with Crippen molar-refractivity contribution in [3.63, 3.8) is 0 Å². The molecule has 54 nitrogen and oxygen atoms in total. The smallest absolute Gasteiger partial charge is 0.217 e. The van der Waals surface area contributed by atoms with Crippen LogP contribution in [0.3, 0.4) is 0 Å². The Kier molecular flexibility index (Phi) is 35.8. The number of carbonyl (C=O) groups is 4. The molecule has 50 atom stereocenters. The lowest BCUT2D eigenvalue weighted by molar-refractivity contribution is -0.408. The molecule has 10 saturated heterocycles. The molecular weight excluding hydrogens is 1670 g/mol. The molecule has 4 amide bonds. The number of rotatable bonds is 31. The van der Waals surface area contributed by atoms with E-state index < -0.39 is 390 Å². The van der Waals surface area contributed by atoms with Gasteiger partial charge in [0.25, 0.3) is 0 Å². The molecule has 0 bridgehead atoms. The summed E-state index contributed by atoms with van der Waals surface area (Å²) in [5.74, 6) is -3.87. The van der Waals surface area contributed by atoms with E-state index in [4.69, 9.17) is 90.0 Å². The fraction of sp³-hybridized carbons (Fsp3) is 0.941. The molecule has 0 aliphatic carbocycles. The van der Waals surface area contributed by atoms with E-state index >= 15 is 0 Å². The minimum atomic E-state index is -2.75. The van der Waals surface area contributed by atoms with Crippen molar-refractivity contribution < 1.29 is 247 Å². The first-order valence-electron chi connectivity index (χ1n) is 39.0. The fourth-order valence-electron chi connectivity index (χ4n) is 15.8. The molecule has 0 aromatic carbocycles. The van der Waals surface area contributed by atoms with Crippen molar-refractivity contribution in [3.8, 4) is 0 Å². The second kappa shape index (κ2) is 43.6. The quantitative estimate of drug-likeness (QED) is 0.0306. The number of hydrogen-bond donors (Lipinski definition) is 31. The first kappa shape index (κ1) is 100. The van der Waals surface area contributed by atoms with E-state index in [1.165, 1.54) is 6.92 Å². The number of amides is 4. The van der Waals surface area contributed by atoms with Gasteiger partial charge in [-0.15, -0.1) is 0 Å². The van der Waals surface area contributed by atoms with Crippen molar-refractivity contribution >= 4 is 23.6 Å². The molecule has 0 aromatic rings. The molecule has 0 radical (unpaired) electrons. The van der Waals surface area contributed by atoms with Gasteiger partial charge >= 0.3 is 0 Å². The standard InChI is InChI=1S/C68H114N4O50/c1-15-33(84)43(94)47(98)63(106-15)104-13-27-54(40(91)29(59(103)107-27)69-16(2)80)116-61-31(71-18(4)82)41(92)53(26(12-79)113-61)118-67-51(102)57(121-68-58(46(97)37(88)23(9-76)112-68)122-62-32(72-19(5)83)42(93)52(25(11-78)114-62)117-65-48(99)44(95)35(86)21(7-74)110-65)55(119-60-30(70-17(3)81)39(90)34(85)20(6-73)108-60)28(115-67)14-105-64-50(101)56(38(89)24(10-77)109-64)120-66-49(100)45(96)36(87)22(8-75)111-66/h15,20-68,73-79,84-103H,6-14H2,1-5H3,(H,69,80)(H,70,81)(H,71,82)(H,72,83)/t15-,20+,21+,22+,23+,24+,25+,26+,27+,28+,29+,30+,31+,32+,33+,34+,35-,36+,37+,38+,39+,40+,41+,42+,43+,44-,45-,46-,47-,48+,49-,50-,51-,52+,53+,54+,55+,56-,57+,58-,59?,60-,61-,62-,63+,64-,65-,66+,67-,68+/m0/s1. The minimum Gasteiger partial charge on any atom is -0.394 e. The van der Waals surface area contributed by atoms with E-state index in [2.05, 4.69) is 21.3 Å². The van der Waals surface area contributed by atoms with Crippen molar-refractivity contribution in [3.05, 3.63) is 0 Å². The van der Waals surface area contributed by atoms with Crippen LogP contribution in [0.2, 0.25) is 0 Å². The van der Waals surface area contributed by atoms with Crippen LogP contribution >= 0.6 is 0 Å². The van der Waals surface area contributed by atoms with Crippen molar-refractivity contribution in [1.29, 1.82) is 0 Å². The van der Waals surface area contributed by atoms with Gasteiger partial charge in [0.2, 0.25) is 23.6 Å². The number of nitrogens with one attached hydrogen (secondary N) is 4. The molecule has 122 heavy (non-hydrogen) atoms. The molecule has 10 heterocycles. The first-order chi connectivity index (χ1) is 57.7. The van der Waals surface area contributed by atoms with Gasteiger partial charge in [-0.2, -0.15) is 0 Å². The largest absolute Gasteiger partial charge is 0.394 e. The molecule has 706 valence electrons. The average Bonchev–Trinajstić information content (AvgIpc) is 0.759. The van der Waals surface area contributed by atoms with Crippen LogP contribution in [-0.2, 0) is 109 Å². The highest BCUT2D eigenvalue weighted by molar-refractivity contribution is 5.74. The number of hydrogen-bond acceptors (Lipinski definition) is 50. The van der Waals surface area contributed by atoms with Crippen LogP contribution in [0.25, 0.3) is 0 Å². The molecule has 31 N–H and O–H groups in total. The van der Waals surface area contributed by atoms with E-state index in [-0.39, 0.29) is 0 Å². The van der Waals surface area contributed by atoms with Gasteiger partial charge in [-0.1, -0.05) is 0 Å². The molecule has 10 aliphatic heterocycles. The number of aliphatic hydroxyl groups is 27. The molecule has 1 unspecified atom stereocenters. The van der Waals surface area contributed by atoms with Crippen LogP contribution < -0.4 is 21.3 Å². The number of ether oxygens (including phenoxy) is 19. The lowest BCUT2D eigenvalue weighted by Gasteiger charge is -2.52. The third kappa shape index (κ3) is 22.0. The van der Waals surface area contributed by atoms with E-state index in [1.54, 1.807) is 0 Å². The Bertz CT molecular complexity index is 3290. The maximum absolute atomic E-state index is 13.4. The Hall–Kier alpha value is -3.96. The molecule has 10 rings (SSSR count). The Morgan fingerprint density at radius 1 is 0.230 bits per heavy atom. The SMILES string of the molecule is CC(=O)N[C@H]1[C@H](O[C@H]2[C@H](O)[C@@H](NC(C)=O)C(O)O[C@@H]2CO[C@@H]2O[C@@H](C)[C@@H](O)[C@@H](O)[C@@H]2O)O[C@H](CO)[C@@H](O[C@@H]2O[C@H](CO[C@H]3O[C@H](CO)[C@@H](O)[C@H](O[C@H]4O[C@H](CO)[C@@H](O)[C@H](O)[C@@H]4O)[C@@H]3O)[C@@H](O[C@@H]3O[C@H](CO)[C@@H](O)[C@H](O)[C@H]3NC(C)=O)[C@H](O[C@H]3O[C@H](CO)[C@@H](O)[C@H](O)[C@@H]3O[C@@H]3O[C@H](CO)[C@@H](O[C@@H]4O[C@H](CO)[C@H](O)[C@H](O)[C@H]4O)[C@H](O)[C@H]3NC(C)=O)[C@@H]2O)[C@@H]1O. The minimum absolute atomic E-state index is 0.860. The molecule has 0 saturated carbocycles. The van der Waals surface area contributed by atoms with E-state index in [1.807, 2.05) is 0 Å². The van der Waals surface area contributed by atoms with Crippen LogP contribution in [0.5, 0.6) is 0 Å². The maximum atomic E-state index is 13.4. The normalized spacial score (nSPS) is 49.7. The van der Waals surface area contributed by atoms with E-state index in [0.29, 0.717) is 0 Å². The predicted octanol–water partition coefficient (Wildman–Crippen LogP) is -21.2. The zero-order valence-electron chi connectivity index (χ0n) is 65.7. The number of aliphatic hydroxyl groups excluding tert-OH is 27. The summed E-state index contributed by atoms with van der Waals surface area (Å²) in [5, 5.41) is 312. The molecule has 10 aliphatic rings. The summed E-state index contributed by atoms with van der Waals surface area (Å²) >= 11 is 0. The fourth-order valence-corrected chi connectivity index (χ4v) is 15.8. The maximum Gasteiger partial charge on any atom is 0.217 e. The molecule has 0 spiro atoms. The predicted molar refractivity (Wildman–Crippen MR) is 375 cm³/mol. The van der Waals surface area contributed by atoms with Gasteiger partial charge in [0.05, 0.1) is 65.6 Å². The molecule has 0 aromatic heterocycles. The summed E-state index contributed by atoms with van der Waals surface area (Å²) in [6.07, 6.45) is -97.8. The topological polar surface area (TPSA) is 838 Å². The van der Waals surface area contributed by atoms with Gasteiger partial charge in [0.15, 0.2) is 62.9 Å². The monoisotopic (exact) mass is 1790 g/mol. The van der Waals surface area contributed by atoms with Crippen LogP contribution in [0.4, 0.5) is 0 Å². The summed E-state index contributed by atoms with van der Waals surface area (Å²) in [4.78, 5) is 52.1. The van der Waals surface area contributed by atoms with Crippen LogP contribution in [0, 0.1) is 0 Å². The highest BCUT2D eigenvalue weighted by Crippen LogP contribution is 2.41. The van der Waals surface area contributed by atoms with Gasteiger partial charge in [-0.05, 0) is 6.92 Å². The summed E-state index contributed by atoms with van der Waals surface area (Å²) in [6.45, 7) is -5.27. The van der Waals surface area contributed by atoms with Gasteiger partial charge in [0.1, 0.15) is 238 Å². The summed E-state index contributed by atoms with van der Waals surface area (Å²) < 4.78 is 114. The van der Waals surface area contributed by atoms with Gasteiger partial charge < -0.3 is 249 Å². The van der Waals surface area contributed by atoms with Crippen LogP contribution in [-0.4, -0.2) is 528 Å². The second-order valence-corrected chi connectivity index (χ2v) is 31.0.